The van der Waals surface area contributed by atoms with Crippen LogP contribution in [0.5, 0.6) is 0 Å². The molecule has 0 amide bonds. The average Bonchev–Trinajstić information content (AvgIpc) is 2.47. The van der Waals surface area contributed by atoms with Crippen molar-refractivity contribution in [1.82, 2.24) is 4.90 Å². The molecule has 2 unspecified atom stereocenters. The van der Waals surface area contributed by atoms with E-state index in [0.29, 0.717) is 18.0 Å². The summed E-state index contributed by atoms with van der Waals surface area (Å²) in [6, 6.07) is 7.08. The Balaban J connectivity index is 2.17. The highest BCUT2D eigenvalue weighted by molar-refractivity contribution is 6.30. The summed E-state index contributed by atoms with van der Waals surface area (Å²) in [6.07, 6.45) is -3.80. The summed E-state index contributed by atoms with van der Waals surface area (Å²) in [5.41, 5.74) is 0.902. The van der Waals surface area contributed by atoms with Crippen LogP contribution in [0.3, 0.4) is 0 Å². The van der Waals surface area contributed by atoms with Gasteiger partial charge in [0.1, 0.15) is 0 Å². The van der Waals surface area contributed by atoms with Crippen molar-refractivity contribution in [2.24, 2.45) is 5.92 Å². The smallest absolute Gasteiger partial charge is 0.401 e. The van der Waals surface area contributed by atoms with Gasteiger partial charge in [-0.25, -0.2) is 0 Å². The second-order valence-corrected chi connectivity index (χ2v) is 6.09. The van der Waals surface area contributed by atoms with Gasteiger partial charge in [-0.15, -0.1) is 0 Å². The molecule has 0 bridgehead atoms. The van der Waals surface area contributed by atoms with Crippen LogP contribution in [-0.4, -0.2) is 43.3 Å². The van der Waals surface area contributed by atoms with Crippen molar-refractivity contribution in [2.75, 3.05) is 26.2 Å². The second-order valence-electron chi connectivity index (χ2n) is 5.66. The first kappa shape index (κ1) is 18.1. The molecule has 1 aromatic rings. The molecule has 3 nitrogen and oxygen atoms in total. The van der Waals surface area contributed by atoms with E-state index >= 15 is 0 Å². The Morgan fingerprint density at radius 3 is 2.57 bits per heavy atom. The molecule has 0 saturated carbocycles. The number of alkyl halides is 3. The van der Waals surface area contributed by atoms with Crippen LogP contribution in [0, 0.1) is 5.92 Å². The molecule has 2 atom stereocenters. The molecule has 1 heterocycles. The Labute approximate surface area is 138 Å². The van der Waals surface area contributed by atoms with Crippen LogP contribution in [0.15, 0.2) is 24.3 Å². The molecule has 1 saturated heterocycles. The molecule has 1 fully saturated rings. The zero-order chi connectivity index (χ0) is 17.0. The molecule has 1 aromatic carbocycles. The molecule has 0 aliphatic carbocycles. The number of esters is 1. The number of hydrogen-bond donors (Lipinski definition) is 0. The summed E-state index contributed by atoms with van der Waals surface area (Å²) in [6.45, 7) is 1.23. The quantitative estimate of drug-likeness (QED) is 0.773. The second kappa shape index (κ2) is 7.53. The Morgan fingerprint density at radius 1 is 1.35 bits per heavy atom. The predicted octanol–water partition coefficient (Wildman–Crippen LogP) is 3.87. The van der Waals surface area contributed by atoms with Crippen molar-refractivity contribution >= 4 is 17.6 Å². The van der Waals surface area contributed by atoms with Crippen LogP contribution >= 0.6 is 11.6 Å². The number of rotatable bonds is 4. The highest BCUT2D eigenvalue weighted by atomic mass is 35.5. The van der Waals surface area contributed by atoms with Gasteiger partial charge < -0.3 is 4.74 Å². The monoisotopic (exact) mass is 349 g/mol. The first-order chi connectivity index (χ1) is 10.8. The maximum Gasteiger partial charge on any atom is 0.401 e. The molecule has 23 heavy (non-hydrogen) atoms. The van der Waals surface area contributed by atoms with Crippen molar-refractivity contribution in [3.63, 3.8) is 0 Å². The number of carbonyl (C=O) groups is 1. The van der Waals surface area contributed by atoms with Crippen molar-refractivity contribution in [2.45, 2.75) is 25.4 Å². The Bertz CT molecular complexity index is 533. The number of nitrogens with zero attached hydrogens (tertiary/aromatic N) is 1. The van der Waals surface area contributed by atoms with Crippen molar-refractivity contribution in [1.29, 1.82) is 0 Å². The first-order valence-corrected chi connectivity index (χ1v) is 7.89. The van der Waals surface area contributed by atoms with Gasteiger partial charge in [0, 0.05) is 11.6 Å². The fraction of sp³-hybridized carbons (Fsp3) is 0.562. The topological polar surface area (TPSA) is 29.5 Å². The van der Waals surface area contributed by atoms with Gasteiger partial charge in [-0.05, 0) is 43.5 Å². The fourth-order valence-corrected chi connectivity index (χ4v) is 3.14. The molecular formula is C16H19ClF3NO2. The van der Waals surface area contributed by atoms with Crippen LogP contribution in [0.25, 0.3) is 0 Å². The highest BCUT2D eigenvalue weighted by Gasteiger charge is 2.40. The zero-order valence-corrected chi connectivity index (χ0v) is 13.5. The van der Waals surface area contributed by atoms with Gasteiger partial charge in [-0.3, -0.25) is 9.69 Å². The Hall–Kier alpha value is -1.27. The molecule has 0 radical (unpaired) electrons. The van der Waals surface area contributed by atoms with E-state index in [2.05, 4.69) is 0 Å². The molecule has 1 aliphatic rings. The van der Waals surface area contributed by atoms with E-state index in [1.165, 1.54) is 4.90 Å². The van der Waals surface area contributed by atoms with E-state index in [1.807, 2.05) is 12.1 Å². The number of likely N-dealkylation sites (tertiary alicyclic amines) is 1. The maximum atomic E-state index is 12.6. The van der Waals surface area contributed by atoms with Crippen LogP contribution in [0.2, 0.25) is 5.02 Å². The SMILES string of the molecule is CCOC(=O)C1CN(CC(F)(F)F)CCC1c1ccc(Cl)cc1. The summed E-state index contributed by atoms with van der Waals surface area (Å²) in [7, 11) is 0. The fourth-order valence-electron chi connectivity index (χ4n) is 3.01. The molecule has 0 aromatic heterocycles. The molecule has 2 rings (SSSR count). The summed E-state index contributed by atoms with van der Waals surface area (Å²) in [5, 5.41) is 0.580. The third-order valence-electron chi connectivity index (χ3n) is 3.99. The van der Waals surface area contributed by atoms with Gasteiger partial charge in [0.2, 0.25) is 0 Å². The van der Waals surface area contributed by atoms with Crippen molar-refractivity contribution in [3.05, 3.63) is 34.9 Å². The third kappa shape index (κ3) is 5.11. The largest absolute Gasteiger partial charge is 0.466 e. The van der Waals surface area contributed by atoms with Gasteiger partial charge >= 0.3 is 12.1 Å². The minimum atomic E-state index is -4.27. The zero-order valence-electron chi connectivity index (χ0n) is 12.8. The van der Waals surface area contributed by atoms with E-state index in [-0.39, 0.29) is 19.1 Å². The molecule has 1 aliphatic heterocycles. The molecule has 0 spiro atoms. The maximum absolute atomic E-state index is 12.6. The summed E-state index contributed by atoms with van der Waals surface area (Å²) in [5.74, 6) is -1.21. The van der Waals surface area contributed by atoms with Crippen LogP contribution < -0.4 is 0 Å². The number of piperidine rings is 1. The number of hydrogen-bond acceptors (Lipinski definition) is 3. The molecule has 128 valence electrons. The lowest BCUT2D eigenvalue weighted by Crippen LogP contribution is -2.46. The van der Waals surface area contributed by atoms with E-state index in [4.69, 9.17) is 16.3 Å². The number of benzene rings is 1. The molecule has 0 N–H and O–H groups in total. The van der Waals surface area contributed by atoms with Gasteiger partial charge in [0.15, 0.2) is 0 Å². The highest BCUT2D eigenvalue weighted by Crippen LogP contribution is 2.35. The van der Waals surface area contributed by atoms with Crippen molar-refractivity contribution in [3.8, 4) is 0 Å². The van der Waals surface area contributed by atoms with Crippen LogP contribution in [-0.2, 0) is 9.53 Å². The van der Waals surface area contributed by atoms with Gasteiger partial charge in [-0.1, -0.05) is 23.7 Å². The van der Waals surface area contributed by atoms with E-state index in [1.54, 1.807) is 19.1 Å². The average molecular weight is 350 g/mol. The molecular weight excluding hydrogens is 331 g/mol. The van der Waals surface area contributed by atoms with Gasteiger partial charge in [0.05, 0.1) is 19.1 Å². The Morgan fingerprint density at radius 2 is 2.00 bits per heavy atom. The van der Waals surface area contributed by atoms with Crippen LogP contribution in [0.4, 0.5) is 13.2 Å². The lowest BCUT2D eigenvalue weighted by molar-refractivity contribution is -0.161. The van der Waals surface area contributed by atoms with Gasteiger partial charge in [0.25, 0.3) is 0 Å². The van der Waals surface area contributed by atoms with Crippen LogP contribution in [0.1, 0.15) is 24.8 Å². The number of ether oxygens (including phenoxy) is 1. The van der Waals surface area contributed by atoms with E-state index < -0.39 is 24.6 Å². The number of halogens is 4. The van der Waals surface area contributed by atoms with Crippen molar-refractivity contribution < 1.29 is 22.7 Å². The Kier molecular flexibility index (Phi) is 5.92. The lowest BCUT2D eigenvalue weighted by atomic mass is 9.80. The molecule has 7 heteroatoms. The van der Waals surface area contributed by atoms with Gasteiger partial charge in [-0.2, -0.15) is 13.2 Å². The summed E-state index contributed by atoms with van der Waals surface area (Å²) >= 11 is 5.87. The minimum Gasteiger partial charge on any atom is -0.466 e. The summed E-state index contributed by atoms with van der Waals surface area (Å²) in [4.78, 5) is 13.5. The standard InChI is InChI=1S/C16H19ClF3NO2/c1-2-23-15(22)14-9-21(10-16(18,19)20)8-7-13(14)11-3-5-12(17)6-4-11/h3-6,13-14H,2,7-10H2,1H3. The number of carbonyl (C=O) groups excluding carboxylic acids is 1. The summed E-state index contributed by atoms with van der Waals surface area (Å²) < 4.78 is 42.9. The van der Waals surface area contributed by atoms with E-state index in [0.717, 1.165) is 5.56 Å². The normalized spacial score (nSPS) is 22.8. The first-order valence-electron chi connectivity index (χ1n) is 7.51. The third-order valence-corrected chi connectivity index (χ3v) is 4.24. The predicted molar refractivity (Wildman–Crippen MR) is 81.4 cm³/mol. The van der Waals surface area contributed by atoms with E-state index in [9.17, 15) is 18.0 Å². The minimum absolute atomic E-state index is 0.0473. The lowest BCUT2D eigenvalue weighted by Gasteiger charge is -2.37.